The largest absolute Gasteiger partial charge is 0.339 e. The molecule has 0 N–H and O–H groups in total. The molecule has 2 aliphatic carbocycles. The molecule has 0 aromatic heterocycles. The molecule has 1 aromatic rings. The number of nitrogens with zero attached hydrogens (tertiary/aromatic N) is 3. The maximum Gasteiger partial charge on any atom is 0.253 e. The predicted molar refractivity (Wildman–Crippen MR) is 141 cm³/mol. The maximum absolute atomic E-state index is 13.1. The smallest absolute Gasteiger partial charge is 0.253 e. The normalized spacial score (nSPS) is 26.3. The van der Waals surface area contributed by atoms with Gasteiger partial charge in [-0.15, -0.1) is 0 Å². The average Bonchev–Trinajstić information content (AvgIpc) is 3.25. The molecule has 2 aliphatic heterocycles. The van der Waals surface area contributed by atoms with Gasteiger partial charge < -0.3 is 14.7 Å². The predicted octanol–water partition coefficient (Wildman–Crippen LogP) is 4.81. The Kier molecular flexibility index (Phi) is 7.64. The average molecular weight is 496 g/mol. The zero-order valence-corrected chi connectivity index (χ0v) is 21.7. The maximum atomic E-state index is 13.1. The van der Waals surface area contributed by atoms with E-state index in [1.54, 1.807) is 0 Å². The van der Waals surface area contributed by atoms with E-state index in [1.807, 2.05) is 17.0 Å². The summed E-state index contributed by atoms with van der Waals surface area (Å²) >= 11 is 6.75. The SMILES string of the molecule is CN1CCN(C(=O)C2=CC(c3ccc(CC4CCN(C5CCCCC5)C4=O)c(Cl)c3)CC=C2)CC1. The second-order valence-corrected chi connectivity index (χ2v) is 11.2. The monoisotopic (exact) mass is 495 g/mol. The van der Waals surface area contributed by atoms with Gasteiger partial charge >= 0.3 is 0 Å². The number of rotatable bonds is 5. The van der Waals surface area contributed by atoms with Crippen LogP contribution in [0.2, 0.25) is 5.02 Å². The quantitative estimate of drug-likeness (QED) is 0.589. The number of hydrogen-bond acceptors (Lipinski definition) is 3. The first-order valence-electron chi connectivity index (χ1n) is 13.4. The molecule has 1 saturated carbocycles. The van der Waals surface area contributed by atoms with Crippen LogP contribution in [0, 0.1) is 5.92 Å². The van der Waals surface area contributed by atoms with Crippen molar-refractivity contribution in [3.05, 3.63) is 58.1 Å². The number of halogens is 1. The Balaban J connectivity index is 1.23. The van der Waals surface area contributed by atoms with Gasteiger partial charge in [-0.05, 0) is 56.3 Å². The topological polar surface area (TPSA) is 43.9 Å². The molecule has 2 saturated heterocycles. The molecule has 3 fully saturated rings. The third kappa shape index (κ3) is 5.51. The lowest BCUT2D eigenvalue weighted by molar-refractivity contribution is -0.133. The molecule has 2 heterocycles. The number of allylic oxidation sites excluding steroid dienone is 2. The van der Waals surface area contributed by atoms with E-state index in [-0.39, 0.29) is 17.7 Å². The van der Waals surface area contributed by atoms with Crippen LogP contribution in [0.1, 0.15) is 62.0 Å². The highest BCUT2D eigenvalue weighted by Crippen LogP contribution is 2.34. The van der Waals surface area contributed by atoms with Crippen molar-refractivity contribution < 1.29 is 9.59 Å². The number of likely N-dealkylation sites (N-methyl/N-ethyl adjacent to an activating group) is 1. The van der Waals surface area contributed by atoms with Gasteiger partial charge in [0.2, 0.25) is 5.91 Å². The van der Waals surface area contributed by atoms with Crippen LogP contribution in [0.3, 0.4) is 0 Å². The second-order valence-electron chi connectivity index (χ2n) is 10.8. The minimum absolute atomic E-state index is 0.0469. The molecule has 2 unspecified atom stereocenters. The van der Waals surface area contributed by atoms with Crippen LogP contribution in [-0.2, 0) is 16.0 Å². The van der Waals surface area contributed by atoms with Crippen molar-refractivity contribution >= 4 is 23.4 Å². The zero-order chi connectivity index (χ0) is 24.4. The molecule has 35 heavy (non-hydrogen) atoms. The zero-order valence-electron chi connectivity index (χ0n) is 20.9. The van der Waals surface area contributed by atoms with E-state index in [2.05, 4.69) is 41.1 Å². The van der Waals surface area contributed by atoms with Crippen LogP contribution in [0.25, 0.3) is 0 Å². The van der Waals surface area contributed by atoms with E-state index in [0.717, 1.165) is 80.1 Å². The summed E-state index contributed by atoms with van der Waals surface area (Å²) in [5.41, 5.74) is 2.97. The Morgan fingerprint density at radius 2 is 1.80 bits per heavy atom. The fraction of sp³-hybridized carbons (Fsp3) is 0.586. The molecule has 5 rings (SSSR count). The fourth-order valence-electron chi connectivity index (χ4n) is 6.18. The molecular formula is C29H38ClN3O2. The van der Waals surface area contributed by atoms with Gasteiger partial charge in [-0.2, -0.15) is 0 Å². The van der Waals surface area contributed by atoms with Crippen molar-refractivity contribution in [3.63, 3.8) is 0 Å². The van der Waals surface area contributed by atoms with E-state index in [1.165, 1.54) is 19.3 Å². The summed E-state index contributed by atoms with van der Waals surface area (Å²) in [6.07, 6.45) is 14.8. The van der Waals surface area contributed by atoms with Crippen molar-refractivity contribution in [2.24, 2.45) is 5.92 Å². The van der Waals surface area contributed by atoms with Crippen LogP contribution in [0.5, 0.6) is 0 Å². The van der Waals surface area contributed by atoms with Crippen molar-refractivity contribution in [1.82, 2.24) is 14.7 Å². The van der Waals surface area contributed by atoms with E-state index >= 15 is 0 Å². The van der Waals surface area contributed by atoms with Crippen LogP contribution < -0.4 is 0 Å². The number of hydrogen-bond donors (Lipinski definition) is 0. The summed E-state index contributed by atoms with van der Waals surface area (Å²) in [4.78, 5) is 32.5. The van der Waals surface area contributed by atoms with E-state index in [4.69, 9.17) is 11.6 Å². The number of carbonyl (C=O) groups is 2. The number of benzene rings is 1. The van der Waals surface area contributed by atoms with Crippen molar-refractivity contribution in [3.8, 4) is 0 Å². The highest BCUT2D eigenvalue weighted by Gasteiger charge is 2.36. The van der Waals surface area contributed by atoms with Gasteiger partial charge in [0.15, 0.2) is 0 Å². The summed E-state index contributed by atoms with van der Waals surface area (Å²) in [7, 11) is 2.10. The molecule has 6 heteroatoms. The van der Waals surface area contributed by atoms with Crippen molar-refractivity contribution in [2.45, 2.75) is 63.3 Å². The van der Waals surface area contributed by atoms with Gasteiger partial charge in [-0.3, -0.25) is 9.59 Å². The highest BCUT2D eigenvalue weighted by atomic mass is 35.5. The van der Waals surface area contributed by atoms with Gasteiger partial charge in [-0.25, -0.2) is 0 Å². The van der Waals surface area contributed by atoms with Gasteiger partial charge in [-0.1, -0.05) is 61.2 Å². The fourth-order valence-corrected chi connectivity index (χ4v) is 6.45. The number of amides is 2. The lowest BCUT2D eigenvalue weighted by Gasteiger charge is -2.33. The van der Waals surface area contributed by atoms with Gasteiger partial charge in [0.25, 0.3) is 5.91 Å². The summed E-state index contributed by atoms with van der Waals surface area (Å²) < 4.78 is 0. The molecule has 5 nitrogen and oxygen atoms in total. The standard InChI is InChI=1S/C29H38ClN3O2/c1-31-14-16-32(17-15-31)28(34)24-7-5-6-21(18-24)22-10-11-23(27(30)20-22)19-25-12-13-33(29(25)35)26-8-3-2-4-9-26/h5,7,10-11,18,20-21,25-26H,2-4,6,8-9,12-17,19H2,1H3. The Hall–Kier alpha value is -2.11. The third-order valence-electron chi connectivity index (χ3n) is 8.44. The molecule has 1 aromatic carbocycles. The van der Waals surface area contributed by atoms with E-state index in [0.29, 0.717) is 18.4 Å². The molecule has 0 radical (unpaired) electrons. The number of piperazine rings is 1. The van der Waals surface area contributed by atoms with Crippen molar-refractivity contribution in [1.29, 1.82) is 0 Å². The Morgan fingerprint density at radius 1 is 1.03 bits per heavy atom. The van der Waals surface area contributed by atoms with Gasteiger partial charge in [0, 0.05) is 61.2 Å². The van der Waals surface area contributed by atoms with Crippen molar-refractivity contribution in [2.75, 3.05) is 39.8 Å². The molecule has 0 spiro atoms. The lowest BCUT2D eigenvalue weighted by Crippen LogP contribution is -2.47. The van der Waals surface area contributed by atoms with Crippen LogP contribution in [-0.4, -0.2) is 72.3 Å². The Labute approximate surface area is 214 Å². The summed E-state index contributed by atoms with van der Waals surface area (Å²) in [5.74, 6) is 0.645. The number of likely N-dealkylation sites (tertiary alicyclic amines) is 1. The molecule has 188 valence electrons. The summed E-state index contributed by atoms with van der Waals surface area (Å²) in [6, 6.07) is 6.74. The first-order chi connectivity index (χ1) is 17.0. The lowest BCUT2D eigenvalue weighted by atomic mass is 9.88. The minimum Gasteiger partial charge on any atom is -0.339 e. The number of carbonyl (C=O) groups excluding carboxylic acids is 2. The Morgan fingerprint density at radius 3 is 2.54 bits per heavy atom. The molecule has 2 amide bonds. The second kappa shape index (κ2) is 10.9. The first-order valence-corrected chi connectivity index (χ1v) is 13.8. The first kappa shape index (κ1) is 24.6. The van der Waals surface area contributed by atoms with Crippen LogP contribution in [0.4, 0.5) is 0 Å². The summed E-state index contributed by atoms with van der Waals surface area (Å²) in [5, 5.41) is 0.737. The highest BCUT2D eigenvalue weighted by molar-refractivity contribution is 6.31. The third-order valence-corrected chi connectivity index (χ3v) is 8.80. The van der Waals surface area contributed by atoms with Crippen LogP contribution in [0.15, 0.2) is 42.0 Å². The van der Waals surface area contributed by atoms with E-state index in [9.17, 15) is 9.59 Å². The minimum atomic E-state index is 0.0469. The summed E-state index contributed by atoms with van der Waals surface area (Å²) in [6.45, 7) is 4.30. The van der Waals surface area contributed by atoms with Gasteiger partial charge in [0.1, 0.15) is 0 Å². The molecule has 4 aliphatic rings. The van der Waals surface area contributed by atoms with Gasteiger partial charge in [0.05, 0.1) is 0 Å². The molecular weight excluding hydrogens is 458 g/mol. The molecule has 2 atom stereocenters. The molecule has 0 bridgehead atoms. The van der Waals surface area contributed by atoms with Crippen LogP contribution >= 0.6 is 11.6 Å². The Bertz CT molecular complexity index is 1010. The van der Waals surface area contributed by atoms with E-state index < -0.39 is 0 Å².